The highest BCUT2D eigenvalue weighted by Crippen LogP contribution is 2.34. The van der Waals surface area contributed by atoms with E-state index in [9.17, 15) is 8.42 Å². The zero-order chi connectivity index (χ0) is 15.7. The molecule has 3 rings (SSSR count). The van der Waals surface area contributed by atoms with Crippen molar-refractivity contribution in [1.29, 1.82) is 0 Å². The van der Waals surface area contributed by atoms with E-state index in [1.54, 1.807) is 18.2 Å². The monoisotopic (exact) mass is 362 g/mol. The number of fused-ring (bicyclic) bond motifs is 1. The molecule has 23 heavy (non-hydrogen) atoms. The maximum atomic E-state index is 12.7. The Hall–Kier alpha value is -1.02. The van der Waals surface area contributed by atoms with E-state index in [0.717, 1.165) is 12.8 Å². The summed E-state index contributed by atoms with van der Waals surface area (Å²) in [6.07, 6.45) is 1.61. The standard InChI is InChI=1S/C15H22N2O4S.ClH/c1-11(16)12-4-6-17(7-5-12)22(18,19)13-2-3-14-15(10-13)21-9-8-20-14;/h2-3,10-12H,4-9,16H2,1H3;1H. The van der Waals surface area contributed by atoms with Crippen molar-refractivity contribution in [2.75, 3.05) is 26.3 Å². The Morgan fingerprint density at radius 2 is 1.78 bits per heavy atom. The average Bonchev–Trinajstić information content (AvgIpc) is 2.54. The Balaban J connectivity index is 0.00000192. The summed E-state index contributed by atoms with van der Waals surface area (Å²) in [6, 6.07) is 4.91. The predicted molar refractivity (Wildman–Crippen MR) is 89.8 cm³/mol. The molecule has 1 fully saturated rings. The number of nitrogens with two attached hydrogens (primary N) is 1. The molecule has 1 saturated heterocycles. The highest BCUT2D eigenvalue weighted by Gasteiger charge is 2.31. The van der Waals surface area contributed by atoms with Gasteiger partial charge in [-0.15, -0.1) is 12.4 Å². The van der Waals surface area contributed by atoms with Gasteiger partial charge in [-0.2, -0.15) is 4.31 Å². The van der Waals surface area contributed by atoms with E-state index in [-0.39, 0.29) is 23.3 Å². The molecule has 6 nitrogen and oxygen atoms in total. The van der Waals surface area contributed by atoms with Gasteiger partial charge in [-0.3, -0.25) is 0 Å². The van der Waals surface area contributed by atoms with Crippen LogP contribution < -0.4 is 15.2 Å². The van der Waals surface area contributed by atoms with Crippen LogP contribution in [0.15, 0.2) is 23.1 Å². The molecule has 2 heterocycles. The summed E-state index contributed by atoms with van der Waals surface area (Å²) in [5.41, 5.74) is 5.91. The van der Waals surface area contributed by atoms with Crippen molar-refractivity contribution >= 4 is 22.4 Å². The predicted octanol–water partition coefficient (Wildman–Crippen LogP) is 1.63. The number of hydrogen-bond acceptors (Lipinski definition) is 5. The quantitative estimate of drug-likeness (QED) is 0.883. The summed E-state index contributed by atoms with van der Waals surface area (Å²) >= 11 is 0. The summed E-state index contributed by atoms with van der Waals surface area (Å²) in [6.45, 7) is 3.95. The number of nitrogens with zero attached hydrogens (tertiary/aromatic N) is 1. The molecule has 0 spiro atoms. The number of piperidine rings is 1. The van der Waals surface area contributed by atoms with Gasteiger partial charge >= 0.3 is 0 Å². The Labute approximate surface area is 143 Å². The van der Waals surface area contributed by atoms with E-state index in [4.69, 9.17) is 15.2 Å². The lowest BCUT2D eigenvalue weighted by Gasteiger charge is -2.33. The van der Waals surface area contributed by atoms with Crippen LogP contribution in [-0.4, -0.2) is 45.1 Å². The first kappa shape index (κ1) is 18.3. The van der Waals surface area contributed by atoms with Gasteiger partial charge in [-0.05, 0) is 37.8 Å². The summed E-state index contributed by atoms with van der Waals surface area (Å²) < 4.78 is 37.9. The first-order valence-corrected chi connectivity index (χ1v) is 9.08. The summed E-state index contributed by atoms with van der Waals surface area (Å²) in [7, 11) is -3.49. The van der Waals surface area contributed by atoms with Gasteiger partial charge in [0.05, 0.1) is 4.90 Å². The highest BCUT2D eigenvalue weighted by atomic mass is 35.5. The lowest BCUT2D eigenvalue weighted by atomic mass is 9.92. The Morgan fingerprint density at radius 1 is 1.17 bits per heavy atom. The van der Waals surface area contributed by atoms with Crippen LogP contribution in [0.4, 0.5) is 0 Å². The minimum absolute atomic E-state index is 0. The summed E-state index contributed by atoms with van der Waals surface area (Å²) in [4.78, 5) is 0.260. The molecule has 0 amide bonds. The smallest absolute Gasteiger partial charge is 0.243 e. The fourth-order valence-electron chi connectivity index (χ4n) is 2.98. The Morgan fingerprint density at radius 3 is 2.39 bits per heavy atom. The summed E-state index contributed by atoms with van der Waals surface area (Å²) in [5, 5.41) is 0. The first-order chi connectivity index (χ1) is 10.5. The number of halogens is 1. The zero-order valence-electron chi connectivity index (χ0n) is 13.1. The van der Waals surface area contributed by atoms with Crippen molar-refractivity contribution in [3.63, 3.8) is 0 Å². The van der Waals surface area contributed by atoms with Gasteiger partial charge in [0.15, 0.2) is 11.5 Å². The fraction of sp³-hybridized carbons (Fsp3) is 0.600. The third kappa shape index (κ3) is 3.74. The topological polar surface area (TPSA) is 81.9 Å². The SMILES string of the molecule is CC(N)C1CCN(S(=O)(=O)c2ccc3c(c2)OCCO3)CC1.Cl. The van der Waals surface area contributed by atoms with Crippen molar-refractivity contribution in [1.82, 2.24) is 4.31 Å². The molecule has 0 aliphatic carbocycles. The van der Waals surface area contributed by atoms with Gasteiger partial charge in [-0.25, -0.2) is 8.42 Å². The van der Waals surface area contributed by atoms with Crippen LogP contribution in [0, 0.1) is 5.92 Å². The normalized spacial score (nSPS) is 20.6. The molecule has 8 heteroatoms. The van der Waals surface area contributed by atoms with Gasteiger partial charge in [0.2, 0.25) is 10.0 Å². The van der Waals surface area contributed by atoms with E-state index in [2.05, 4.69) is 0 Å². The van der Waals surface area contributed by atoms with E-state index < -0.39 is 10.0 Å². The van der Waals surface area contributed by atoms with Crippen LogP contribution in [-0.2, 0) is 10.0 Å². The molecule has 1 aromatic carbocycles. The van der Waals surface area contributed by atoms with Crippen molar-refractivity contribution < 1.29 is 17.9 Å². The minimum atomic E-state index is -3.49. The van der Waals surface area contributed by atoms with Crippen LogP contribution in [0.1, 0.15) is 19.8 Å². The first-order valence-electron chi connectivity index (χ1n) is 7.64. The van der Waals surface area contributed by atoms with Crippen LogP contribution in [0.3, 0.4) is 0 Å². The van der Waals surface area contributed by atoms with Crippen LogP contribution in [0.2, 0.25) is 0 Å². The van der Waals surface area contributed by atoms with Crippen molar-refractivity contribution in [3.05, 3.63) is 18.2 Å². The largest absolute Gasteiger partial charge is 0.486 e. The van der Waals surface area contributed by atoms with Gasteiger partial charge < -0.3 is 15.2 Å². The third-order valence-electron chi connectivity index (χ3n) is 4.39. The summed E-state index contributed by atoms with van der Waals surface area (Å²) in [5.74, 6) is 1.49. The van der Waals surface area contributed by atoms with Crippen molar-refractivity contribution in [2.45, 2.75) is 30.7 Å². The molecule has 2 aliphatic rings. The number of hydrogen-bond donors (Lipinski definition) is 1. The number of ether oxygens (including phenoxy) is 2. The van der Waals surface area contributed by atoms with Gasteiger partial charge in [0.25, 0.3) is 0 Å². The minimum Gasteiger partial charge on any atom is -0.486 e. The molecular weight excluding hydrogens is 340 g/mol. The molecule has 2 N–H and O–H groups in total. The Kier molecular flexibility index (Phi) is 5.78. The van der Waals surface area contributed by atoms with E-state index in [0.29, 0.717) is 43.7 Å². The molecule has 0 aromatic heterocycles. The number of rotatable bonds is 3. The fourth-order valence-corrected chi connectivity index (χ4v) is 4.46. The second kappa shape index (κ2) is 7.25. The molecule has 0 bridgehead atoms. The van der Waals surface area contributed by atoms with E-state index in [1.807, 2.05) is 6.92 Å². The molecule has 1 aromatic rings. The van der Waals surface area contributed by atoms with Crippen molar-refractivity contribution in [3.8, 4) is 11.5 Å². The number of benzene rings is 1. The second-order valence-corrected chi connectivity index (χ2v) is 7.84. The molecule has 1 atom stereocenters. The second-order valence-electron chi connectivity index (χ2n) is 5.91. The van der Waals surface area contributed by atoms with Gasteiger partial charge in [-0.1, -0.05) is 0 Å². The molecule has 0 saturated carbocycles. The van der Waals surface area contributed by atoms with Gasteiger partial charge in [0.1, 0.15) is 13.2 Å². The van der Waals surface area contributed by atoms with Crippen LogP contribution >= 0.6 is 12.4 Å². The lowest BCUT2D eigenvalue weighted by molar-refractivity contribution is 0.171. The average molecular weight is 363 g/mol. The van der Waals surface area contributed by atoms with Gasteiger partial charge in [0, 0.05) is 25.2 Å². The van der Waals surface area contributed by atoms with Crippen LogP contribution in [0.25, 0.3) is 0 Å². The maximum Gasteiger partial charge on any atom is 0.243 e. The van der Waals surface area contributed by atoms with E-state index >= 15 is 0 Å². The Bertz CT molecular complexity index is 643. The molecule has 2 aliphatic heterocycles. The van der Waals surface area contributed by atoms with Crippen molar-refractivity contribution in [2.24, 2.45) is 11.7 Å². The van der Waals surface area contributed by atoms with E-state index in [1.165, 1.54) is 4.31 Å². The number of sulfonamides is 1. The molecular formula is C15H23ClN2O4S. The molecule has 1 unspecified atom stereocenters. The highest BCUT2D eigenvalue weighted by molar-refractivity contribution is 7.89. The molecule has 0 radical (unpaired) electrons. The maximum absolute atomic E-state index is 12.7. The zero-order valence-corrected chi connectivity index (χ0v) is 14.7. The molecule has 130 valence electrons. The third-order valence-corrected chi connectivity index (χ3v) is 6.29. The van der Waals surface area contributed by atoms with Crippen LogP contribution in [0.5, 0.6) is 11.5 Å². The lowest BCUT2D eigenvalue weighted by Crippen LogP contribution is -2.42.